The predicted molar refractivity (Wildman–Crippen MR) is 201 cm³/mol. The molecule has 8 heteroatoms. The molecule has 4 nitrogen and oxygen atoms in total. The molecule has 0 bridgehead atoms. The Balaban J connectivity index is -0.0000000721. The molecule has 0 aromatic carbocycles. The monoisotopic (exact) mass is 773 g/mol. The Morgan fingerprint density at radius 1 is 0.188 bits per heavy atom. The molecule has 0 rings (SSSR count). The van der Waals surface area contributed by atoms with Gasteiger partial charge in [0.05, 0.1) is 26.2 Å². The molecule has 0 fully saturated rings. The van der Waals surface area contributed by atoms with E-state index < -0.39 is 0 Å². The van der Waals surface area contributed by atoms with Crippen molar-refractivity contribution in [3.8, 4) is 0 Å². The number of halogens is 4. The van der Waals surface area contributed by atoms with Crippen molar-refractivity contribution in [2.75, 3.05) is 26.2 Å². The Morgan fingerprint density at radius 3 is 0.396 bits per heavy atom. The molecule has 0 unspecified atom stereocenters. The van der Waals surface area contributed by atoms with E-state index in [9.17, 15) is 0 Å². The first kappa shape index (κ1) is 67.2. The largest absolute Gasteiger partial charge is 1.00 e. The second-order valence-corrected chi connectivity index (χ2v) is 13.3. The fourth-order valence-corrected chi connectivity index (χ4v) is 5.24. The summed E-state index contributed by atoms with van der Waals surface area (Å²) < 4.78 is 0. The molecule has 0 saturated heterocycles. The van der Waals surface area contributed by atoms with Crippen molar-refractivity contribution in [2.45, 2.75) is 233 Å². The zero-order valence-corrected chi connectivity index (χ0v) is 36.8. The van der Waals surface area contributed by atoms with Gasteiger partial charge in [-0.2, -0.15) is 0 Å². The van der Waals surface area contributed by atoms with Gasteiger partial charge in [0.1, 0.15) is 0 Å². The molecule has 0 aliphatic heterocycles. The lowest BCUT2D eigenvalue weighted by atomic mass is 10.1. The van der Waals surface area contributed by atoms with Crippen LogP contribution >= 0.6 is 0 Å². The number of quaternary nitrogens is 4. The summed E-state index contributed by atoms with van der Waals surface area (Å²) in [5, 5.41) is 0. The summed E-state index contributed by atoms with van der Waals surface area (Å²) in [7, 11) is 0. The molecule has 0 saturated carbocycles. The quantitative estimate of drug-likeness (QED) is 0.0543. The first-order valence-electron chi connectivity index (χ1n) is 20.8. The van der Waals surface area contributed by atoms with Crippen LogP contribution in [0.3, 0.4) is 0 Å². The number of unbranched alkanes of at least 4 members (excludes halogenated alkanes) is 28. The summed E-state index contributed by atoms with van der Waals surface area (Å²) >= 11 is 0. The van der Waals surface area contributed by atoms with Gasteiger partial charge in [-0.3, -0.25) is 0 Å². The van der Waals surface area contributed by atoms with Crippen LogP contribution in [-0.4, -0.2) is 26.2 Å². The van der Waals surface area contributed by atoms with Gasteiger partial charge in [-0.15, -0.1) is 0 Å². The minimum Gasteiger partial charge on any atom is -1.00 e. The SMILES string of the molecule is CCCCCCCCCC[NH3+].CCCCCCCCCC[NH3+].CCCCCCCCCC[NH3+].CCCCCCCCCC[NH3+].[Cl-].[Cl-].[Cl-].[Cl-]. The van der Waals surface area contributed by atoms with Gasteiger partial charge in [0.2, 0.25) is 0 Å². The third-order valence-corrected chi connectivity index (χ3v) is 8.41. The highest BCUT2D eigenvalue weighted by atomic mass is 35.5. The summed E-state index contributed by atoms with van der Waals surface area (Å²) in [5.74, 6) is 0. The standard InChI is InChI=1S/4C10H23N.4ClH/c4*1-2-3-4-5-6-7-8-9-10-11;;;;/h4*2-11H2,1H3;4*1H. The fraction of sp³-hybridized carbons (Fsp3) is 1.00. The van der Waals surface area contributed by atoms with Crippen molar-refractivity contribution < 1.29 is 72.6 Å². The van der Waals surface area contributed by atoms with Crippen LogP contribution in [0.4, 0.5) is 0 Å². The molecule has 0 aromatic rings. The topological polar surface area (TPSA) is 111 Å². The van der Waals surface area contributed by atoms with Gasteiger partial charge in [0.25, 0.3) is 0 Å². The molecular formula is C40H96Cl4N4. The maximum Gasteiger partial charge on any atom is 0.0739 e. The average molecular weight is 775 g/mol. The molecule has 0 aliphatic carbocycles. The third-order valence-electron chi connectivity index (χ3n) is 8.41. The zero-order chi connectivity index (χ0) is 33.5. The molecule has 0 heterocycles. The molecule has 0 aliphatic rings. The maximum atomic E-state index is 3.83. The van der Waals surface area contributed by atoms with Crippen LogP contribution in [0.15, 0.2) is 0 Å². The molecule has 0 amide bonds. The van der Waals surface area contributed by atoms with Gasteiger partial charge in [0.15, 0.2) is 0 Å². The van der Waals surface area contributed by atoms with E-state index in [0.29, 0.717) is 0 Å². The van der Waals surface area contributed by atoms with E-state index >= 15 is 0 Å². The third kappa shape index (κ3) is 91.3. The van der Waals surface area contributed by atoms with Crippen molar-refractivity contribution in [1.82, 2.24) is 0 Å². The molecule has 48 heavy (non-hydrogen) atoms. The van der Waals surface area contributed by atoms with E-state index in [4.69, 9.17) is 0 Å². The first-order valence-corrected chi connectivity index (χ1v) is 20.8. The van der Waals surface area contributed by atoms with Crippen LogP contribution < -0.4 is 72.6 Å². The van der Waals surface area contributed by atoms with Gasteiger partial charge >= 0.3 is 0 Å². The lowest BCUT2D eigenvalue weighted by Gasteiger charge is -1.98. The summed E-state index contributed by atoms with van der Waals surface area (Å²) in [6.07, 6.45) is 45.1. The minimum absolute atomic E-state index is 0. The Kier molecular flexibility index (Phi) is 108. The first-order chi connectivity index (χ1) is 21.7. The fourth-order valence-electron chi connectivity index (χ4n) is 5.24. The maximum absolute atomic E-state index is 3.83. The molecule has 12 N–H and O–H groups in total. The smallest absolute Gasteiger partial charge is 0.0739 e. The van der Waals surface area contributed by atoms with Crippen LogP contribution in [0, 0.1) is 0 Å². The van der Waals surface area contributed by atoms with E-state index in [1.54, 1.807) is 0 Å². The zero-order valence-electron chi connectivity index (χ0n) is 33.8. The normalized spacial score (nSPS) is 9.50. The van der Waals surface area contributed by atoms with Gasteiger partial charge in [-0.1, -0.05) is 182 Å². The van der Waals surface area contributed by atoms with Crippen LogP contribution in [0.2, 0.25) is 0 Å². The molecule has 0 spiro atoms. The van der Waals surface area contributed by atoms with E-state index in [0.717, 1.165) is 26.2 Å². The average Bonchev–Trinajstić information content (AvgIpc) is 3.04. The molecular weight excluding hydrogens is 678 g/mol. The van der Waals surface area contributed by atoms with Crippen molar-refractivity contribution in [1.29, 1.82) is 0 Å². The van der Waals surface area contributed by atoms with E-state index in [-0.39, 0.29) is 49.6 Å². The number of hydrogen-bond acceptors (Lipinski definition) is 0. The second-order valence-electron chi connectivity index (χ2n) is 13.3. The summed E-state index contributed by atoms with van der Waals surface area (Å²) in [4.78, 5) is 0. The Labute approximate surface area is 330 Å². The predicted octanol–water partition coefficient (Wildman–Crippen LogP) is -2.51. The van der Waals surface area contributed by atoms with E-state index in [1.165, 1.54) is 205 Å². The molecule has 0 radical (unpaired) electrons. The Hall–Kier alpha value is 1.00. The van der Waals surface area contributed by atoms with Gasteiger partial charge < -0.3 is 72.6 Å². The lowest BCUT2D eigenvalue weighted by molar-refractivity contribution is -0.368. The minimum atomic E-state index is 0. The molecule has 304 valence electrons. The van der Waals surface area contributed by atoms with Crippen LogP contribution in [-0.2, 0) is 0 Å². The van der Waals surface area contributed by atoms with Crippen LogP contribution in [0.1, 0.15) is 233 Å². The van der Waals surface area contributed by atoms with Crippen LogP contribution in [0.5, 0.6) is 0 Å². The Morgan fingerprint density at radius 2 is 0.292 bits per heavy atom. The lowest BCUT2D eigenvalue weighted by Crippen LogP contribution is -3.00. The van der Waals surface area contributed by atoms with Crippen molar-refractivity contribution in [3.63, 3.8) is 0 Å². The van der Waals surface area contributed by atoms with Gasteiger partial charge in [-0.05, 0) is 51.4 Å². The van der Waals surface area contributed by atoms with E-state index in [1.807, 2.05) is 0 Å². The molecule has 0 atom stereocenters. The highest BCUT2D eigenvalue weighted by Crippen LogP contribution is 2.09. The number of rotatable bonds is 32. The summed E-state index contributed by atoms with van der Waals surface area (Å²) in [5.41, 5.74) is 15.3. The van der Waals surface area contributed by atoms with Crippen molar-refractivity contribution in [3.05, 3.63) is 0 Å². The molecule has 0 aromatic heterocycles. The van der Waals surface area contributed by atoms with Crippen molar-refractivity contribution >= 4 is 0 Å². The van der Waals surface area contributed by atoms with Crippen LogP contribution in [0.25, 0.3) is 0 Å². The van der Waals surface area contributed by atoms with E-state index in [2.05, 4.69) is 50.6 Å². The van der Waals surface area contributed by atoms with Gasteiger partial charge in [0, 0.05) is 0 Å². The highest BCUT2D eigenvalue weighted by molar-refractivity contribution is 4.47. The number of hydrogen-bond donors (Lipinski definition) is 4. The summed E-state index contributed by atoms with van der Waals surface area (Å²) in [6.45, 7) is 13.5. The Bertz CT molecular complexity index is 307. The highest BCUT2D eigenvalue weighted by Gasteiger charge is 1.92. The summed E-state index contributed by atoms with van der Waals surface area (Å²) in [6, 6.07) is 0. The second kappa shape index (κ2) is 77.5. The van der Waals surface area contributed by atoms with Gasteiger partial charge in [-0.25, -0.2) is 0 Å². The van der Waals surface area contributed by atoms with Crippen molar-refractivity contribution in [2.24, 2.45) is 0 Å².